The number of terminal acetylenes is 2. The maximum absolute atomic E-state index is 5.41. The predicted molar refractivity (Wildman–Crippen MR) is 53.6 cm³/mol. The molecule has 1 aliphatic rings. The maximum Gasteiger partial charge on any atom is 0.103 e. The molecule has 1 heterocycles. The lowest BCUT2D eigenvalue weighted by atomic mass is 10.1. The molecule has 1 rings (SSSR count). The van der Waals surface area contributed by atoms with E-state index in [1.807, 2.05) is 14.1 Å². The van der Waals surface area contributed by atoms with Gasteiger partial charge in [-0.2, -0.15) is 0 Å². The van der Waals surface area contributed by atoms with Gasteiger partial charge in [0.05, 0.1) is 0 Å². The van der Waals surface area contributed by atoms with Crippen LogP contribution in [0.3, 0.4) is 0 Å². The summed E-state index contributed by atoms with van der Waals surface area (Å²) in [7, 11) is 3.77. The lowest BCUT2D eigenvalue weighted by Gasteiger charge is -2.20. The summed E-state index contributed by atoms with van der Waals surface area (Å²) in [5.74, 6) is 5.47. The van der Waals surface area contributed by atoms with E-state index in [1.165, 1.54) is 0 Å². The van der Waals surface area contributed by atoms with Gasteiger partial charge < -0.3 is 0 Å². The van der Waals surface area contributed by atoms with Crippen LogP contribution in [0.25, 0.3) is 0 Å². The average molecular weight is 180 g/mol. The molecule has 0 aromatic heterocycles. The minimum absolute atomic E-state index is 0.0797. The Bertz CT molecular complexity index is 224. The van der Waals surface area contributed by atoms with Crippen molar-refractivity contribution in [1.82, 2.24) is 9.34 Å². The van der Waals surface area contributed by atoms with Gasteiger partial charge in [-0.05, 0) is 20.8 Å². The molecule has 12 heavy (non-hydrogen) atoms. The first-order chi connectivity index (χ1) is 5.63. The Morgan fingerprint density at radius 2 is 1.42 bits per heavy atom. The molecular weight excluding hydrogens is 167 g/mol. The Labute approximate surface area is 75.8 Å². The first kappa shape index (κ1) is 9.56. The molecule has 0 aromatic carbocycles. The highest BCUT2D eigenvalue weighted by Crippen LogP contribution is 2.48. The van der Waals surface area contributed by atoms with Gasteiger partial charge in [-0.25, -0.2) is 0 Å². The third-order valence-corrected chi connectivity index (χ3v) is 4.68. The Kier molecular flexibility index (Phi) is 2.76. The Balaban J connectivity index is 2.91. The zero-order valence-electron chi connectivity index (χ0n) is 7.65. The van der Waals surface area contributed by atoms with Crippen LogP contribution < -0.4 is 0 Å². The minimum atomic E-state index is -0.296. The molecule has 3 heteroatoms. The summed E-state index contributed by atoms with van der Waals surface area (Å²) in [4.78, 5) is 0. The van der Waals surface area contributed by atoms with Crippen molar-refractivity contribution in [2.45, 2.75) is 12.1 Å². The average Bonchev–Trinajstić information content (AvgIpc) is 2.29. The minimum Gasteiger partial charge on any atom is -0.256 e. The van der Waals surface area contributed by atoms with E-state index in [0.29, 0.717) is 0 Å². The highest BCUT2D eigenvalue weighted by atomic mass is 31.1. The fourth-order valence-corrected chi connectivity index (χ4v) is 2.94. The monoisotopic (exact) mass is 180 g/mol. The van der Waals surface area contributed by atoms with Crippen LogP contribution in [0.1, 0.15) is 0 Å². The SMILES string of the molecule is C#CC1[C@H](C#C)N(C)P(C)N1C. The van der Waals surface area contributed by atoms with Crippen molar-refractivity contribution in [2.24, 2.45) is 0 Å². The summed E-state index contributed by atoms with van der Waals surface area (Å²) < 4.78 is 4.36. The molecule has 2 unspecified atom stereocenters. The van der Waals surface area contributed by atoms with Crippen LogP contribution in [0.5, 0.6) is 0 Å². The van der Waals surface area contributed by atoms with Crippen LogP contribution in [-0.4, -0.2) is 42.2 Å². The molecule has 0 radical (unpaired) electrons. The number of hydrogen-bond acceptors (Lipinski definition) is 2. The van der Waals surface area contributed by atoms with Crippen LogP contribution >= 0.6 is 8.22 Å². The second kappa shape index (κ2) is 3.46. The Morgan fingerprint density at radius 3 is 1.67 bits per heavy atom. The van der Waals surface area contributed by atoms with E-state index >= 15 is 0 Å². The van der Waals surface area contributed by atoms with Gasteiger partial charge in [-0.1, -0.05) is 11.8 Å². The molecule has 0 aromatic rings. The van der Waals surface area contributed by atoms with Crippen molar-refractivity contribution >= 4 is 8.22 Å². The van der Waals surface area contributed by atoms with Crippen LogP contribution in [0.2, 0.25) is 0 Å². The second-order valence-corrected chi connectivity index (χ2v) is 5.10. The van der Waals surface area contributed by atoms with Crippen molar-refractivity contribution in [3.05, 3.63) is 0 Å². The molecule has 1 saturated heterocycles. The highest BCUT2D eigenvalue weighted by molar-refractivity contribution is 7.52. The Morgan fingerprint density at radius 1 is 1.08 bits per heavy atom. The van der Waals surface area contributed by atoms with E-state index in [1.54, 1.807) is 0 Å². The number of hydrogen-bond donors (Lipinski definition) is 0. The molecule has 0 spiro atoms. The van der Waals surface area contributed by atoms with Crippen molar-refractivity contribution in [3.8, 4) is 24.7 Å². The molecule has 1 fully saturated rings. The van der Waals surface area contributed by atoms with Gasteiger partial charge in [-0.15, -0.1) is 12.8 Å². The van der Waals surface area contributed by atoms with Gasteiger partial charge in [0.2, 0.25) is 0 Å². The molecule has 2 nitrogen and oxygen atoms in total. The topological polar surface area (TPSA) is 6.48 Å². The fourth-order valence-electron chi connectivity index (χ4n) is 1.39. The smallest absolute Gasteiger partial charge is 0.103 e. The first-order valence-corrected chi connectivity index (χ1v) is 5.44. The number of rotatable bonds is 0. The Hall–Kier alpha value is -0.530. The van der Waals surface area contributed by atoms with E-state index in [9.17, 15) is 0 Å². The number of nitrogens with zero attached hydrogens (tertiary/aromatic N) is 2. The standard InChI is InChI=1S/C9H13N2P/c1-6-8-9(7-2)11(4)12(5)10(8)3/h1-2,8-9H,3-5H3/t8-,9?,12?/m0/s1. The molecule has 3 atom stereocenters. The summed E-state index contributed by atoms with van der Waals surface area (Å²) in [6, 6.07) is 0.159. The zero-order chi connectivity index (χ0) is 9.30. The number of likely N-dealkylation sites (N-methyl/N-ethyl adjacent to an activating group) is 2. The third kappa shape index (κ3) is 1.23. The maximum atomic E-state index is 5.41. The molecular formula is C9H13N2P. The summed E-state index contributed by atoms with van der Waals surface area (Å²) in [5.41, 5.74) is 0. The van der Waals surface area contributed by atoms with Crippen molar-refractivity contribution < 1.29 is 0 Å². The van der Waals surface area contributed by atoms with Crippen LogP contribution in [0.15, 0.2) is 0 Å². The quantitative estimate of drug-likeness (QED) is 0.402. The lowest BCUT2D eigenvalue weighted by Crippen LogP contribution is -2.32. The normalized spacial score (nSPS) is 37.6. The molecule has 0 N–H and O–H groups in total. The highest BCUT2D eigenvalue weighted by Gasteiger charge is 2.39. The van der Waals surface area contributed by atoms with Gasteiger partial charge in [0.1, 0.15) is 12.1 Å². The lowest BCUT2D eigenvalue weighted by molar-refractivity contribution is 0.423. The molecule has 0 saturated carbocycles. The van der Waals surface area contributed by atoms with Gasteiger partial charge in [0.25, 0.3) is 0 Å². The summed E-state index contributed by atoms with van der Waals surface area (Å²) in [6.07, 6.45) is 10.8. The van der Waals surface area contributed by atoms with E-state index in [0.717, 1.165) is 0 Å². The summed E-state index contributed by atoms with van der Waals surface area (Å²) in [5, 5.41) is 0. The zero-order valence-corrected chi connectivity index (χ0v) is 8.55. The van der Waals surface area contributed by atoms with Gasteiger partial charge in [-0.3, -0.25) is 9.34 Å². The van der Waals surface area contributed by atoms with Gasteiger partial charge in [0, 0.05) is 8.22 Å². The van der Waals surface area contributed by atoms with Crippen molar-refractivity contribution in [3.63, 3.8) is 0 Å². The first-order valence-electron chi connectivity index (χ1n) is 3.75. The van der Waals surface area contributed by atoms with Crippen LogP contribution in [-0.2, 0) is 0 Å². The molecule has 0 amide bonds. The van der Waals surface area contributed by atoms with Crippen LogP contribution in [0, 0.1) is 24.7 Å². The van der Waals surface area contributed by atoms with Gasteiger partial charge in [0.15, 0.2) is 0 Å². The van der Waals surface area contributed by atoms with E-state index in [-0.39, 0.29) is 20.3 Å². The van der Waals surface area contributed by atoms with E-state index in [4.69, 9.17) is 12.8 Å². The van der Waals surface area contributed by atoms with Crippen molar-refractivity contribution in [2.75, 3.05) is 20.8 Å². The predicted octanol–water partition coefficient (Wildman–Crippen LogP) is 0.809. The molecule has 0 aliphatic carbocycles. The van der Waals surface area contributed by atoms with Crippen molar-refractivity contribution in [1.29, 1.82) is 0 Å². The second-order valence-electron chi connectivity index (χ2n) is 2.86. The van der Waals surface area contributed by atoms with Gasteiger partial charge >= 0.3 is 0 Å². The van der Waals surface area contributed by atoms with E-state index < -0.39 is 0 Å². The van der Waals surface area contributed by atoms with E-state index in [2.05, 4.69) is 27.8 Å². The molecule has 64 valence electrons. The van der Waals surface area contributed by atoms with Crippen LogP contribution in [0.4, 0.5) is 0 Å². The molecule has 0 bridgehead atoms. The largest absolute Gasteiger partial charge is 0.256 e. The summed E-state index contributed by atoms with van der Waals surface area (Å²) in [6.45, 7) is 2.16. The summed E-state index contributed by atoms with van der Waals surface area (Å²) >= 11 is 0. The fraction of sp³-hybridized carbons (Fsp3) is 0.556. The molecule has 1 aliphatic heterocycles. The third-order valence-electron chi connectivity index (χ3n) is 2.36.